The predicted molar refractivity (Wildman–Crippen MR) is 92.0 cm³/mol. The lowest BCUT2D eigenvalue weighted by atomic mass is 10.3. The fourth-order valence-electron chi connectivity index (χ4n) is 1.70. The maximum Gasteiger partial charge on any atom is 0.344 e. The van der Waals surface area contributed by atoms with E-state index in [1.807, 2.05) is 5.32 Å². The molecule has 0 aliphatic rings. The van der Waals surface area contributed by atoms with Crippen LogP contribution in [0.5, 0.6) is 5.75 Å². The fourth-order valence-corrected chi connectivity index (χ4v) is 2.17. The van der Waals surface area contributed by atoms with E-state index >= 15 is 0 Å². The summed E-state index contributed by atoms with van der Waals surface area (Å²) >= 11 is 11.6. The van der Waals surface area contributed by atoms with Gasteiger partial charge in [0.15, 0.2) is 13.2 Å². The molecule has 0 fully saturated rings. The molecular formula is C16H14Cl2N2O6. The maximum atomic E-state index is 11.6. The summed E-state index contributed by atoms with van der Waals surface area (Å²) in [6.07, 6.45) is 1.46. The van der Waals surface area contributed by atoms with E-state index in [0.717, 1.165) is 0 Å². The standard InChI is InChI=1S/C16H14Cl2N2O6/c17-10-3-4-13(12(18)6-10)25-9-15(22)26-8-14(21)20-16(23)19-7-11-2-1-5-24-11/h1-6H,7-9H2,(H2,19,20,21,23). The van der Waals surface area contributed by atoms with Crippen LogP contribution in [-0.4, -0.2) is 31.1 Å². The molecule has 2 rings (SSSR count). The van der Waals surface area contributed by atoms with Crippen LogP contribution in [0, 0.1) is 0 Å². The predicted octanol–water partition coefficient (Wildman–Crippen LogP) is 2.53. The molecule has 8 nitrogen and oxygen atoms in total. The fraction of sp³-hybridized carbons (Fsp3) is 0.188. The van der Waals surface area contributed by atoms with Gasteiger partial charge in [-0.15, -0.1) is 0 Å². The van der Waals surface area contributed by atoms with Crippen molar-refractivity contribution in [3.8, 4) is 5.75 Å². The molecule has 0 unspecified atom stereocenters. The lowest BCUT2D eigenvalue weighted by molar-refractivity contribution is -0.150. The normalized spacial score (nSPS) is 10.1. The number of esters is 1. The first-order valence-electron chi connectivity index (χ1n) is 7.27. The van der Waals surface area contributed by atoms with E-state index in [0.29, 0.717) is 10.8 Å². The molecule has 0 aliphatic carbocycles. The summed E-state index contributed by atoms with van der Waals surface area (Å²) < 4.78 is 14.9. The Morgan fingerprint density at radius 2 is 1.92 bits per heavy atom. The lowest BCUT2D eigenvalue weighted by Crippen LogP contribution is -2.41. The zero-order valence-corrected chi connectivity index (χ0v) is 14.8. The highest BCUT2D eigenvalue weighted by Crippen LogP contribution is 2.27. The summed E-state index contributed by atoms with van der Waals surface area (Å²) in [5, 5.41) is 5.06. The number of nitrogens with one attached hydrogen (secondary N) is 2. The first kappa shape index (κ1) is 19.6. The molecule has 138 valence electrons. The average Bonchev–Trinajstić information content (AvgIpc) is 3.11. The quantitative estimate of drug-likeness (QED) is 0.691. The van der Waals surface area contributed by atoms with E-state index in [2.05, 4.69) is 5.32 Å². The van der Waals surface area contributed by atoms with Gasteiger partial charge in [0, 0.05) is 5.02 Å². The smallest absolute Gasteiger partial charge is 0.344 e. The summed E-state index contributed by atoms with van der Waals surface area (Å²) in [5.41, 5.74) is 0. The Hall–Kier alpha value is -2.71. The molecular weight excluding hydrogens is 387 g/mol. The van der Waals surface area contributed by atoms with Crippen molar-refractivity contribution in [1.82, 2.24) is 10.6 Å². The molecule has 0 saturated heterocycles. The Morgan fingerprint density at radius 1 is 1.12 bits per heavy atom. The van der Waals surface area contributed by atoms with Gasteiger partial charge in [0.05, 0.1) is 17.8 Å². The number of imide groups is 1. The van der Waals surface area contributed by atoms with E-state index in [9.17, 15) is 14.4 Å². The van der Waals surface area contributed by atoms with Gasteiger partial charge in [-0.3, -0.25) is 10.1 Å². The molecule has 3 amide bonds. The molecule has 2 N–H and O–H groups in total. The maximum absolute atomic E-state index is 11.6. The van der Waals surface area contributed by atoms with Crippen molar-refractivity contribution in [1.29, 1.82) is 0 Å². The summed E-state index contributed by atoms with van der Waals surface area (Å²) in [4.78, 5) is 34.6. The zero-order chi connectivity index (χ0) is 18.9. The first-order chi connectivity index (χ1) is 12.4. The van der Waals surface area contributed by atoms with E-state index in [1.165, 1.54) is 18.4 Å². The molecule has 10 heteroatoms. The van der Waals surface area contributed by atoms with Crippen LogP contribution in [0.25, 0.3) is 0 Å². The Balaban J connectivity index is 1.64. The van der Waals surface area contributed by atoms with Crippen molar-refractivity contribution in [2.45, 2.75) is 6.54 Å². The van der Waals surface area contributed by atoms with Crippen LogP contribution < -0.4 is 15.4 Å². The highest BCUT2D eigenvalue weighted by Gasteiger charge is 2.12. The number of halogens is 2. The third-order valence-corrected chi connectivity index (χ3v) is 3.39. The summed E-state index contributed by atoms with van der Waals surface area (Å²) in [6, 6.07) is 7.08. The number of carbonyl (C=O) groups excluding carboxylic acids is 3. The highest BCUT2D eigenvalue weighted by atomic mass is 35.5. The molecule has 26 heavy (non-hydrogen) atoms. The number of ether oxygens (including phenoxy) is 2. The van der Waals surface area contributed by atoms with Gasteiger partial charge in [-0.05, 0) is 30.3 Å². The highest BCUT2D eigenvalue weighted by molar-refractivity contribution is 6.35. The number of amides is 3. The summed E-state index contributed by atoms with van der Waals surface area (Å²) in [7, 11) is 0. The number of carbonyl (C=O) groups is 3. The van der Waals surface area contributed by atoms with E-state index < -0.39 is 31.1 Å². The van der Waals surface area contributed by atoms with Crippen LogP contribution in [0.3, 0.4) is 0 Å². The third kappa shape index (κ3) is 6.66. The van der Waals surface area contributed by atoms with Gasteiger partial charge < -0.3 is 19.2 Å². The van der Waals surface area contributed by atoms with Crippen molar-refractivity contribution < 1.29 is 28.3 Å². The second kappa shape index (κ2) is 9.69. The van der Waals surface area contributed by atoms with Crippen LogP contribution in [0.1, 0.15) is 5.76 Å². The Morgan fingerprint density at radius 3 is 2.62 bits per heavy atom. The monoisotopic (exact) mass is 400 g/mol. The van der Waals surface area contributed by atoms with Crippen LogP contribution in [0.2, 0.25) is 10.0 Å². The molecule has 0 radical (unpaired) electrons. The van der Waals surface area contributed by atoms with Crippen molar-refractivity contribution in [2.24, 2.45) is 0 Å². The number of rotatable bonds is 7. The second-order valence-electron chi connectivity index (χ2n) is 4.83. The number of furan rings is 1. The topological polar surface area (TPSA) is 107 Å². The van der Waals surface area contributed by atoms with Crippen LogP contribution in [-0.2, 0) is 20.9 Å². The molecule has 0 aliphatic heterocycles. The SMILES string of the molecule is O=C(COC(=O)COc1ccc(Cl)cc1Cl)NC(=O)NCc1ccco1. The minimum absolute atomic E-state index is 0.113. The molecule has 1 aromatic carbocycles. The van der Waals surface area contributed by atoms with E-state index in [-0.39, 0.29) is 17.3 Å². The largest absolute Gasteiger partial charge is 0.480 e. The summed E-state index contributed by atoms with van der Waals surface area (Å²) in [5.74, 6) is -0.825. The molecule has 0 atom stereocenters. The van der Waals surface area contributed by atoms with Crippen LogP contribution in [0.15, 0.2) is 41.0 Å². The molecule has 0 bridgehead atoms. The van der Waals surface area contributed by atoms with Crippen molar-refractivity contribution in [2.75, 3.05) is 13.2 Å². The van der Waals surface area contributed by atoms with Crippen molar-refractivity contribution in [3.05, 3.63) is 52.4 Å². The zero-order valence-electron chi connectivity index (χ0n) is 13.3. The van der Waals surface area contributed by atoms with Crippen LogP contribution in [0.4, 0.5) is 4.79 Å². The number of urea groups is 1. The van der Waals surface area contributed by atoms with Gasteiger partial charge in [0.1, 0.15) is 11.5 Å². The molecule has 2 aromatic rings. The minimum Gasteiger partial charge on any atom is -0.480 e. The number of benzene rings is 1. The second-order valence-corrected chi connectivity index (χ2v) is 5.68. The number of hydrogen-bond donors (Lipinski definition) is 2. The minimum atomic E-state index is -0.804. The Kier molecular flexibility index (Phi) is 7.31. The molecule has 1 aromatic heterocycles. The Labute approximate surface area is 158 Å². The lowest BCUT2D eigenvalue weighted by Gasteiger charge is -2.09. The first-order valence-corrected chi connectivity index (χ1v) is 8.03. The van der Waals surface area contributed by atoms with Gasteiger partial charge >= 0.3 is 12.0 Å². The van der Waals surface area contributed by atoms with Crippen molar-refractivity contribution >= 4 is 41.1 Å². The Bertz CT molecular complexity index is 779. The molecule has 0 spiro atoms. The van der Waals surface area contributed by atoms with Gasteiger partial charge in [-0.2, -0.15) is 0 Å². The van der Waals surface area contributed by atoms with E-state index in [4.69, 9.17) is 37.1 Å². The number of hydrogen-bond acceptors (Lipinski definition) is 6. The van der Waals surface area contributed by atoms with Gasteiger partial charge in [-0.1, -0.05) is 23.2 Å². The van der Waals surface area contributed by atoms with Gasteiger partial charge in [0.25, 0.3) is 5.91 Å². The van der Waals surface area contributed by atoms with Crippen LogP contribution >= 0.6 is 23.2 Å². The van der Waals surface area contributed by atoms with Gasteiger partial charge in [-0.25, -0.2) is 9.59 Å². The molecule has 1 heterocycles. The van der Waals surface area contributed by atoms with E-state index in [1.54, 1.807) is 18.2 Å². The third-order valence-electron chi connectivity index (χ3n) is 2.86. The summed E-state index contributed by atoms with van der Waals surface area (Å²) in [6.45, 7) is -0.981. The average molecular weight is 401 g/mol. The molecule has 0 saturated carbocycles. The van der Waals surface area contributed by atoms with Gasteiger partial charge in [0.2, 0.25) is 0 Å². The van der Waals surface area contributed by atoms with Crippen molar-refractivity contribution in [3.63, 3.8) is 0 Å².